The fourth-order valence-electron chi connectivity index (χ4n) is 2.60. The molecule has 8 heteroatoms. The number of esters is 1. The maximum absolute atomic E-state index is 12.0. The average Bonchev–Trinajstić information content (AvgIpc) is 2.99. The Bertz CT molecular complexity index is 1000. The highest BCUT2D eigenvalue weighted by Crippen LogP contribution is 2.34. The van der Waals surface area contributed by atoms with Crippen LogP contribution in [0, 0.1) is 13.8 Å². The zero-order valence-corrected chi connectivity index (χ0v) is 17.6. The van der Waals surface area contributed by atoms with Crippen LogP contribution in [0.4, 0.5) is 5.69 Å². The molecule has 2 aromatic heterocycles. The predicted molar refractivity (Wildman–Crippen MR) is 113 cm³/mol. The van der Waals surface area contributed by atoms with Crippen LogP contribution in [0.1, 0.15) is 22.9 Å². The van der Waals surface area contributed by atoms with Crippen molar-refractivity contribution in [2.24, 2.45) is 0 Å². The lowest BCUT2D eigenvalue weighted by atomic mass is 10.1. The smallest absolute Gasteiger partial charge is 0.316 e. The van der Waals surface area contributed by atoms with Crippen molar-refractivity contribution in [1.82, 2.24) is 9.97 Å². The number of carbonyl (C=O) groups excluding carboxylic acids is 2. The third kappa shape index (κ3) is 4.88. The maximum atomic E-state index is 12.0. The zero-order chi connectivity index (χ0) is 20.1. The molecule has 0 aliphatic heterocycles. The number of thioether (sulfide) groups is 1. The Labute approximate surface area is 171 Å². The number of nitrogens with zero attached hydrogens (tertiary/aromatic N) is 2. The lowest BCUT2D eigenvalue weighted by Gasteiger charge is -2.07. The van der Waals surface area contributed by atoms with Crippen LogP contribution in [0.2, 0.25) is 0 Å². The van der Waals surface area contributed by atoms with E-state index in [4.69, 9.17) is 4.74 Å². The molecule has 0 spiro atoms. The Kier molecular flexibility index (Phi) is 6.64. The molecule has 0 atom stereocenters. The molecule has 3 aromatic rings. The quantitative estimate of drug-likeness (QED) is 0.355. The molecular weight excluding hydrogens is 394 g/mol. The highest BCUT2D eigenvalue weighted by molar-refractivity contribution is 8.00. The molecule has 0 radical (unpaired) electrons. The molecule has 1 amide bonds. The standard InChI is InChI=1S/C20H21N3O3S2/c1-4-14-5-7-15(8-6-14)23-16(24)9-26-17(25)10-27-19-18-12(2)13(3)28-20(18)22-11-21-19/h5-8,11H,4,9-10H2,1-3H3,(H,23,24). The van der Waals surface area contributed by atoms with Crippen LogP contribution < -0.4 is 5.32 Å². The lowest BCUT2D eigenvalue weighted by Crippen LogP contribution is -2.21. The fourth-order valence-corrected chi connectivity index (χ4v) is 4.51. The summed E-state index contributed by atoms with van der Waals surface area (Å²) in [7, 11) is 0. The van der Waals surface area contributed by atoms with Crippen molar-refractivity contribution in [1.29, 1.82) is 0 Å². The van der Waals surface area contributed by atoms with Gasteiger partial charge in [-0.1, -0.05) is 30.8 Å². The summed E-state index contributed by atoms with van der Waals surface area (Å²) >= 11 is 2.91. The molecule has 6 nitrogen and oxygen atoms in total. The number of carbonyl (C=O) groups is 2. The first-order chi connectivity index (χ1) is 13.5. The Balaban J connectivity index is 1.50. The first kappa shape index (κ1) is 20.3. The first-order valence-electron chi connectivity index (χ1n) is 8.85. The van der Waals surface area contributed by atoms with Gasteiger partial charge in [-0.2, -0.15) is 0 Å². The second-order valence-corrected chi connectivity index (χ2v) is 8.36. The Morgan fingerprint density at radius 1 is 1.18 bits per heavy atom. The van der Waals surface area contributed by atoms with Crippen LogP contribution in [0.3, 0.4) is 0 Å². The summed E-state index contributed by atoms with van der Waals surface area (Å²) in [5, 5.41) is 4.45. The monoisotopic (exact) mass is 415 g/mol. The van der Waals surface area contributed by atoms with Crippen molar-refractivity contribution in [3.8, 4) is 0 Å². The van der Waals surface area contributed by atoms with Crippen LogP contribution in [0.15, 0.2) is 35.6 Å². The van der Waals surface area contributed by atoms with Gasteiger partial charge >= 0.3 is 5.97 Å². The molecule has 0 aliphatic carbocycles. The molecular formula is C20H21N3O3S2. The average molecular weight is 416 g/mol. The van der Waals surface area contributed by atoms with E-state index in [1.165, 1.54) is 28.5 Å². The van der Waals surface area contributed by atoms with Gasteiger partial charge in [0.25, 0.3) is 5.91 Å². The minimum Gasteiger partial charge on any atom is -0.455 e. The van der Waals surface area contributed by atoms with E-state index < -0.39 is 5.97 Å². The molecule has 0 saturated carbocycles. The summed E-state index contributed by atoms with van der Waals surface area (Å²) in [5.74, 6) is -0.743. The molecule has 0 unspecified atom stereocenters. The molecule has 146 valence electrons. The second kappa shape index (κ2) is 9.16. The lowest BCUT2D eigenvalue weighted by molar-refractivity contribution is -0.144. The minimum atomic E-state index is -0.460. The molecule has 3 rings (SSSR count). The molecule has 1 N–H and O–H groups in total. The van der Waals surface area contributed by atoms with E-state index >= 15 is 0 Å². The number of thiophene rings is 1. The zero-order valence-electron chi connectivity index (χ0n) is 15.9. The number of aryl methyl sites for hydroxylation is 3. The molecule has 0 fully saturated rings. The predicted octanol–water partition coefficient (Wildman–Crippen LogP) is 4.14. The topological polar surface area (TPSA) is 81.2 Å². The van der Waals surface area contributed by atoms with Crippen molar-refractivity contribution < 1.29 is 14.3 Å². The molecule has 0 bridgehead atoms. The van der Waals surface area contributed by atoms with E-state index in [-0.39, 0.29) is 18.3 Å². The highest BCUT2D eigenvalue weighted by Gasteiger charge is 2.15. The number of benzene rings is 1. The third-order valence-corrected chi connectivity index (χ3v) is 6.35. The molecule has 0 saturated heterocycles. The van der Waals surface area contributed by atoms with Crippen molar-refractivity contribution in [3.05, 3.63) is 46.6 Å². The van der Waals surface area contributed by atoms with Crippen molar-refractivity contribution in [2.45, 2.75) is 32.2 Å². The van der Waals surface area contributed by atoms with Gasteiger partial charge in [0, 0.05) is 16.0 Å². The summed E-state index contributed by atoms with van der Waals surface area (Å²) in [6.07, 6.45) is 2.44. The Morgan fingerprint density at radius 3 is 2.64 bits per heavy atom. The van der Waals surface area contributed by atoms with E-state index in [9.17, 15) is 9.59 Å². The normalized spacial score (nSPS) is 10.8. The third-order valence-electron chi connectivity index (χ3n) is 4.27. The van der Waals surface area contributed by atoms with Gasteiger partial charge in [-0.25, -0.2) is 9.97 Å². The number of hydrogen-bond donors (Lipinski definition) is 1. The SMILES string of the molecule is CCc1ccc(NC(=O)COC(=O)CSc2ncnc3sc(C)c(C)c23)cc1. The summed E-state index contributed by atoms with van der Waals surface area (Å²) in [5.41, 5.74) is 3.00. The van der Waals surface area contributed by atoms with E-state index in [1.807, 2.05) is 38.1 Å². The molecule has 28 heavy (non-hydrogen) atoms. The second-order valence-electron chi connectivity index (χ2n) is 6.19. The number of amides is 1. The van der Waals surface area contributed by atoms with Gasteiger partial charge in [-0.05, 0) is 43.5 Å². The van der Waals surface area contributed by atoms with Crippen molar-refractivity contribution in [2.75, 3.05) is 17.7 Å². The number of hydrogen-bond acceptors (Lipinski definition) is 7. The van der Waals surface area contributed by atoms with Gasteiger partial charge in [0.05, 0.1) is 5.75 Å². The number of anilines is 1. The van der Waals surface area contributed by atoms with E-state index in [2.05, 4.69) is 22.2 Å². The van der Waals surface area contributed by atoms with E-state index in [1.54, 1.807) is 11.3 Å². The van der Waals surface area contributed by atoms with Gasteiger partial charge in [-0.15, -0.1) is 11.3 Å². The molecule has 0 aliphatic rings. The van der Waals surface area contributed by atoms with E-state index in [0.717, 1.165) is 27.2 Å². The summed E-state index contributed by atoms with van der Waals surface area (Å²) in [4.78, 5) is 34.6. The summed E-state index contributed by atoms with van der Waals surface area (Å²) < 4.78 is 5.08. The minimum absolute atomic E-state index is 0.0823. The van der Waals surface area contributed by atoms with Crippen LogP contribution in [-0.4, -0.2) is 34.2 Å². The van der Waals surface area contributed by atoms with Gasteiger partial charge in [0.1, 0.15) is 16.2 Å². The van der Waals surface area contributed by atoms with Gasteiger partial charge in [0.15, 0.2) is 6.61 Å². The van der Waals surface area contributed by atoms with Gasteiger partial charge in [-0.3, -0.25) is 9.59 Å². The largest absolute Gasteiger partial charge is 0.455 e. The van der Waals surface area contributed by atoms with Crippen molar-refractivity contribution >= 4 is 50.9 Å². The van der Waals surface area contributed by atoms with Crippen molar-refractivity contribution in [3.63, 3.8) is 0 Å². The van der Waals surface area contributed by atoms with Crippen LogP contribution in [0.25, 0.3) is 10.2 Å². The van der Waals surface area contributed by atoms with Crippen LogP contribution in [-0.2, 0) is 20.7 Å². The Hall–Kier alpha value is -2.45. The maximum Gasteiger partial charge on any atom is 0.316 e. The highest BCUT2D eigenvalue weighted by atomic mass is 32.2. The first-order valence-corrected chi connectivity index (χ1v) is 10.7. The van der Waals surface area contributed by atoms with Gasteiger partial charge in [0.2, 0.25) is 0 Å². The fraction of sp³-hybridized carbons (Fsp3) is 0.300. The number of rotatable bonds is 7. The van der Waals surface area contributed by atoms with Gasteiger partial charge < -0.3 is 10.1 Å². The summed E-state index contributed by atoms with van der Waals surface area (Å²) in [6.45, 7) is 5.82. The Morgan fingerprint density at radius 2 is 1.93 bits per heavy atom. The number of aromatic nitrogens is 2. The summed E-state index contributed by atoms with van der Waals surface area (Å²) in [6, 6.07) is 7.57. The molecule has 1 aromatic carbocycles. The van der Waals surface area contributed by atoms with E-state index in [0.29, 0.717) is 5.69 Å². The number of fused-ring (bicyclic) bond motifs is 1. The number of nitrogens with one attached hydrogen (secondary N) is 1. The number of ether oxygens (including phenoxy) is 1. The van der Waals surface area contributed by atoms with Crippen LogP contribution in [0.5, 0.6) is 0 Å². The van der Waals surface area contributed by atoms with Crippen LogP contribution >= 0.6 is 23.1 Å². The molecule has 2 heterocycles.